The van der Waals surface area contributed by atoms with Crippen molar-refractivity contribution in [2.45, 2.75) is 57.7 Å². The van der Waals surface area contributed by atoms with Crippen molar-refractivity contribution < 1.29 is 9.63 Å². The summed E-state index contributed by atoms with van der Waals surface area (Å²) < 4.78 is 0. The van der Waals surface area contributed by atoms with Crippen LogP contribution in [0.1, 0.15) is 56.2 Å². The zero-order valence-corrected chi connectivity index (χ0v) is 17.3. The van der Waals surface area contributed by atoms with Crippen molar-refractivity contribution in [2.24, 2.45) is 5.16 Å². The number of benzene rings is 1. The van der Waals surface area contributed by atoms with Crippen LogP contribution in [0.2, 0.25) is 0 Å². The molecule has 0 radical (unpaired) electrons. The van der Waals surface area contributed by atoms with Gasteiger partial charge in [0.2, 0.25) is 5.91 Å². The number of aryl methyl sites for hydroxylation is 1. The maximum absolute atomic E-state index is 12.5. The first-order chi connectivity index (χ1) is 12.2. The molecule has 1 aromatic carbocycles. The molecular formula is C19H26BrClN2O2. The minimum absolute atomic E-state index is 0.0786. The van der Waals surface area contributed by atoms with Gasteiger partial charge in [-0.25, -0.2) is 0 Å². The first kappa shape index (κ1) is 20.2. The summed E-state index contributed by atoms with van der Waals surface area (Å²) in [5.41, 5.74) is 5.48. The van der Waals surface area contributed by atoms with Crippen molar-refractivity contribution in [3.05, 3.63) is 28.8 Å². The molecule has 0 heterocycles. The van der Waals surface area contributed by atoms with E-state index < -0.39 is 0 Å². The normalized spacial score (nSPS) is 13.8. The molecule has 0 N–H and O–H groups in total. The summed E-state index contributed by atoms with van der Waals surface area (Å²) in [5, 5.41) is 4.98. The van der Waals surface area contributed by atoms with Crippen molar-refractivity contribution in [1.82, 2.24) is 0 Å². The van der Waals surface area contributed by atoms with E-state index in [2.05, 4.69) is 47.1 Å². The summed E-state index contributed by atoms with van der Waals surface area (Å²) in [6.45, 7) is 4.29. The maximum Gasteiger partial charge on any atom is 0.244 e. The van der Waals surface area contributed by atoms with Crippen LogP contribution in [0.5, 0.6) is 0 Å². The fourth-order valence-electron chi connectivity index (χ4n) is 3.25. The average Bonchev–Trinajstić information content (AvgIpc) is 3.16. The molecule has 138 valence electrons. The molecule has 0 atom stereocenters. The molecule has 1 saturated carbocycles. The summed E-state index contributed by atoms with van der Waals surface area (Å²) in [7, 11) is 0. The van der Waals surface area contributed by atoms with Crippen molar-refractivity contribution in [3.8, 4) is 0 Å². The number of rotatable bonds is 8. The van der Waals surface area contributed by atoms with Crippen LogP contribution in [0.3, 0.4) is 0 Å². The van der Waals surface area contributed by atoms with Gasteiger partial charge < -0.3 is 4.84 Å². The Morgan fingerprint density at radius 2 is 1.92 bits per heavy atom. The molecule has 0 saturated heterocycles. The van der Waals surface area contributed by atoms with Gasteiger partial charge >= 0.3 is 0 Å². The van der Waals surface area contributed by atoms with Crippen LogP contribution in [0.15, 0.2) is 17.3 Å². The number of halogens is 2. The standard InChI is InChI=1S/C19H26BrClN2O2/c1-3-14-9-10-15(11-20)17(4-2)19(14)23(18(24)12-21)13-25-22-16-7-5-6-8-16/h9-10H,3-8,11-13H2,1-2H3. The van der Waals surface area contributed by atoms with Crippen LogP contribution < -0.4 is 4.90 Å². The molecule has 1 amide bonds. The number of carbonyl (C=O) groups excluding carboxylic acids is 1. The smallest absolute Gasteiger partial charge is 0.244 e. The molecule has 0 aliphatic heterocycles. The van der Waals surface area contributed by atoms with Gasteiger partial charge in [0.25, 0.3) is 0 Å². The van der Waals surface area contributed by atoms with Crippen LogP contribution in [-0.4, -0.2) is 24.2 Å². The second-order valence-electron chi connectivity index (χ2n) is 6.13. The number of amides is 1. The molecule has 6 heteroatoms. The van der Waals surface area contributed by atoms with Gasteiger partial charge in [0, 0.05) is 5.33 Å². The van der Waals surface area contributed by atoms with Crippen LogP contribution in [0.4, 0.5) is 5.69 Å². The molecular weight excluding hydrogens is 404 g/mol. The Balaban J connectivity index is 2.35. The Labute approximate surface area is 163 Å². The third kappa shape index (κ3) is 4.98. The molecule has 25 heavy (non-hydrogen) atoms. The third-order valence-corrected chi connectivity index (χ3v) is 5.42. The highest BCUT2D eigenvalue weighted by Crippen LogP contribution is 2.31. The molecule has 1 aliphatic carbocycles. The molecule has 0 bridgehead atoms. The van der Waals surface area contributed by atoms with Gasteiger partial charge in [-0.2, -0.15) is 0 Å². The highest BCUT2D eigenvalue weighted by atomic mass is 79.9. The van der Waals surface area contributed by atoms with Crippen LogP contribution in [0, 0.1) is 0 Å². The first-order valence-electron chi connectivity index (χ1n) is 8.89. The monoisotopic (exact) mass is 428 g/mol. The van der Waals surface area contributed by atoms with Crippen molar-refractivity contribution in [2.75, 3.05) is 17.5 Å². The van der Waals surface area contributed by atoms with E-state index in [9.17, 15) is 4.79 Å². The zero-order chi connectivity index (χ0) is 18.2. The predicted octanol–water partition coefficient (Wildman–Crippen LogP) is 5.18. The Bertz CT molecular complexity index is 626. The summed E-state index contributed by atoms with van der Waals surface area (Å²) in [6, 6.07) is 4.21. The van der Waals surface area contributed by atoms with Gasteiger partial charge in [-0.1, -0.05) is 47.1 Å². The summed E-state index contributed by atoms with van der Waals surface area (Å²) in [5.74, 6) is -0.241. The van der Waals surface area contributed by atoms with Crippen LogP contribution in [0.25, 0.3) is 0 Å². The van der Waals surface area contributed by atoms with Gasteiger partial charge in [-0.05, 0) is 55.2 Å². The quantitative estimate of drug-likeness (QED) is 0.324. The number of carbonyl (C=O) groups is 1. The maximum atomic E-state index is 12.5. The van der Waals surface area contributed by atoms with E-state index in [1.165, 1.54) is 18.4 Å². The van der Waals surface area contributed by atoms with E-state index in [1.807, 2.05) is 0 Å². The molecule has 1 aliphatic rings. The molecule has 0 spiro atoms. The fourth-order valence-corrected chi connectivity index (χ4v) is 3.92. The Hall–Kier alpha value is -1.07. The Morgan fingerprint density at radius 1 is 1.24 bits per heavy atom. The highest BCUT2D eigenvalue weighted by molar-refractivity contribution is 9.08. The summed E-state index contributed by atoms with van der Waals surface area (Å²) in [6.07, 6.45) is 5.99. The molecule has 1 fully saturated rings. The average molecular weight is 430 g/mol. The highest BCUT2D eigenvalue weighted by Gasteiger charge is 2.23. The van der Waals surface area contributed by atoms with Crippen molar-refractivity contribution >= 4 is 44.8 Å². The van der Waals surface area contributed by atoms with Crippen LogP contribution in [-0.2, 0) is 27.8 Å². The Kier molecular flexibility index (Phi) is 8.24. The van der Waals surface area contributed by atoms with Gasteiger partial charge in [0.05, 0.1) is 11.4 Å². The molecule has 1 aromatic rings. The van der Waals surface area contributed by atoms with Crippen LogP contribution >= 0.6 is 27.5 Å². The van der Waals surface area contributed by atoms with E-state index in [4.69, 9.17) is 16.4 Å². The number of hydrogen-bond acceptors (Lipinski definition) is 3. The van der Waals surface area contributed by atoms with E-state index in [0.29, 0.717) is 0 Å². The lowest BCUT2D eigenvalue weighted by molar-refractivity contribution is -0.117. The molecule has 4 nitrogen and oxygen atoms in total. The molecule has 2 rings (SSSR count). The third-order valence-electron chi connectivity index (χ3n) is 4.59. The lowest BCUT2D eigenvalue weighted by Gasteiger charge is -2.27. The van der Waals surface area contributed by atoms with Gasteiger partial charge in [0.1, 0.15) is 5.88 Å². The number of alkyl halides is 2. The van der Waals surface area contributed by atoms with Crippen molar-refractivity contribution in [3.63, 3.8) is 0 Å². The van der Waals surface area contributed by atoms with Gasteiger partial charge in [-0.15, -0.1) is 11.6 Å². The van der Waals surface area contributed by atoms with E-state index in [0.717, 1.165) is 53.5 Å². The van der Waals surface area contributed by atoms with E-state index >= 15 is 0 Å². The summed E-state index contributed by atoms with van der Waals surface area (Å²) >= 11 is 9.42. The topological polar surface area (TPSA) is 41.9 Å². The summed E-state index contributed by atoms with van der Waals surface area (Å²) in [4.78, 5) is 19.7. The first-order valence-corrected chi connectivity index (χ1v) is 10.5. The predicted molar refractivity (Wildman–Crippen MR) is 108 cm³/mol. The molecule has 0 aromatic heterocycles. The van der Waals surface area contributed by atoms with Gasteiger partial charge in [-0.3, -0.25) is 9.69 Å². The zero-order valence-electron chi connectivity index (χ0n) is 15.0. The lowest BCUT2D eigenvalue weighted by atomic mass is 9.97. The second-order valence-corrected chi connectivity index (χ2v) is 6.96. The minimum atomic E-state index is -0.163. The van der Waals surface area contributed by atoms with Gasteiger partial charge in [0.15, 0.2) is 6.73 Å². The minimum Gasteiger partial charge on any atom is -0.373 e. The fraction of sp³-hybridized carbons (Fsp3) is 0.579. The number of hydrogen-bond donors (Lipinski definition) is 0. The second kappa shape index (κ2) is 10.2. The lowest BCUT2D eigenvalue weighted by Crippen LogP contribution is -2.35. The van der Waals surface area contributed by atoms with E-state index in [1.54, 1.807) is 4.90 Å². The Morgan fingerprint density at radius 3 is 2.48 bits per heavy atom. The number of anilines is 1. The molecule has 0 unspecified atom stereocenters. The largest absolute Gasteiger partial charge is 0.373 e. The number of oxime groups is 1. The van der Waals surface area contributed by atoms with E-state index in [-0.39, 0.29) is 18.5 Å². The van der Waals surface area contributed by atoms with Crippen molar-refractivity contribution in [1.29, 1.82) is 0 Å². The number of nitrogens with zero attached hydrogens (tertiary/aromatic N) is 2. The SMILES string of the molecule is CCc1ccc(CBr)c(CC)c1N(CON=C1CCCC1)C(=O)CCl.